The molecule has 0 atom stereocenters. The first-order chi connectivity index (χ1) is 8.17. The van der Waals surface area contributed by atoms with Crippen LogP contribution in [0.25, 0.3) is 10.7 Å². The standard InChI is InChI=1S/C13H13N3S/c1-4-10-9(3)15-13(16-11(10)7-14)12-8(2)5-6-17-12/h5-6H,4H2,1-3H3. The molecule has 0 saturated heterocycles. The van der Waals surface area contributed by atoms with Gasteiger partial charge in [-0.25, -0.2) is 9.97 Å². The van der Waals surface area contributed by atoms with Crippen LogP contribution >= 0.6 is 11.3 Å². The molecule has 0 spiro atoms. The van der Waals surface area contributed by atoms with E-state index in [9.17, 15) is 0 Å². The van der Waals surface area contributed by atoms with Crippen molar-refractivity contribution in [2.75, 3.05) is 0 Å². The first-order valence-electron chi connectivity index (χ1n) is 5.49. The molecule has 0 aliphatic heterocycles. The van der Waals surface area contributed by atoms with Crippen molar-refractivity contribution in [2.45, 2.75) is 27.2 Å². The molecule has 0 fully saturated rings. The second-order valence-electron chi connectivity index (χ2n) is 3.86. The Morgan fingerprint density at radius 2 is 2.12 bits per heavy atom. The highest BCUT2D eigenvalue weighted by molar-refractivity contribution is 7.13. The molecule has 0 amide bonds. The summed E-state index contributed by atoms with van der Waals surface area (Å²) in [4.78, 5) is 9.92. The van der Waals surface area contributed by atoms with Gasteiger partial charge in [0.15, 0.2) is 5.82 Å². The predicted octanol–water partition coefficient (Wildman–Crippen LogP) is 3.26. The zero-order chi connectivity index (χ0) is 12.4. The fourth-order valence-corrected chi connectivity index (χ4v) is 2.67. The minimum Gasteiger partial charge on any atom is -0.232 e. The van der Waals surface area contributed by atoms with E-state index in [4.69, 9.17) is 5.26 Å². The maximum Gasteiger partial charge on any atom is 0.171 e. The summed E-state index contributed by atoms with van der Waals surface area (Å²) in [6, 6.07) is 4.20. The van der Waals surface area contributed by atoms with Crippen LogP contribution in [0.1, 0.15) is 29.4 Å². The van der Waals surface area contributed by atoms with Crippen LogP contribution in [0.2, 0.25) is 0 Å². The van der Waals surface area contributed by atoms with Crippen LogP contribution < -0.4 is 0 Å². The van der Waals surface area contributed by atoms with E-state index in [0.29, 0.717) is 11.5 Å². The molecule has 0 bridgehead atoms. The molecule has 0 aliphatic carbocycles. The number of aromatic nitrogens is 2. The van der Waals surface area contributed by atoms with E-state index in [1.165, 1.54) is 0 Å². The van der Waals surface area contributed by atoms with Crippen molar-refractivity contribution >= 4 is 11.3 Å². The molecule has 4 heteroatoms. The largest absolute Gasteiger partial charge is 0.232 e. The maximum absolute atomic E-state index is 9.13. The Bertz CT molecular complexity index is 593. The molecule has 2 aromatic heterocycles. The van der Waals surface area contributed by atoms with E-state index in [1.54, 1.807) is 11.3 Å². The highest BCUT2D eigenvalue weighted by Crippen LogP contribution is 2.27. The minimum atomic E-state index is 0.503. The van der Waals surface area contributed by atoms with Gasteiger partial charge >= 0.3 is 0 Å². The molecule has 0 N–H and O–H groups in total. The lowest BCUT2D eigenvalue weighted by Crippen LogP contribution is -2.02. The molecule has 86 valence electrons. The Morgan fingerprint density at radius 1 is 1.35 bits per heavy atom. The molecule has 0 unspecified atom stereocenters. The smallest absolute Gasteiger partial charge is 0.171 e. The summed E-state index contributed by atoms with van der Waals surface area (Å²) in [6.45, 7) is 5.99. The molecule has 0 aromatic carbocycles. The van der Waals surface area contributed by atoms with Crippen LogP contribution in [-0.2, 0) is 6.42 Å². The number of aryl methyl sites for hydroxylation is 2. The van der Waals surface area contributed by atoms with Gasteiger partial charge < -0.3 is 0 Å². The topological polar surface area (TPSA) is 49.6 Å². The fraction of sp³-hybridized carbons (Fsp3) is 0.308. The van der Waals surface area contributed by atoms with Crippen LogP contribution in [0.15, 0.2) is 11.4 Å². The van der Waals surface area contributed by atoms with E-state index in [0.717, 1.165) is 28.1 Å². The zero-order valence-electron chi connectivity index (χ0n) is 10.1. The van der Waals surface area contributed by atoms with Gasteiger partial charge in [-0.15, -0.1) is 11.3 Å². The second-order valence-corrected chi connectivity index (χ2v) is 4.77. The molecule has 2 rings (SSSR count). The summed E-state index contributed by atoms with van der Waals surface area (Å²) < 4.78 is 0. The third kappa shape index (κ3) is 2.06. The van der Waals surface area contributed by atoms with Gasteiger partial charge in [0.05, 0.1) is 4.88 Å². The molecule has 0 radical (unpaired) electrons. The van der Waals surface area contributed by atoms with Gasteiger partial charge in [0, 0.05) is 11.3 Å². The van der Waals surface area contributed by atoms with Crippen molar-refractivity contribution in [1.82, 2.24) is 9.97 Å². The Labute approximate surface area is 105 Å². The van der Waals surface area contributed by atoms with E-state index < -0.39 is 0 Å². The summed E-state index contributed by atoms with van der Waals surface area (Å²) in [5, 5.41) is 11.1. The highest BCUT2D eigenvalue weighted by atomic mass is 32.1. The van der Waals surface area contributed by atoms with Crippen LogP contribution in [0, 0.1) is 25.2 Å². The zero-order valence-corrected chi connectivity index (χ0v) is 10.9. The Hall–Kier alpha value is -1.73. The van der Waals surface area contributed by atoms with Crippen molar-refractivity contribution < 1.29 is 0 Å². The van der Waals surface area contributed by atoms with Crippen molar-refractivity contribution in [1.29, 1.82) is 5.26 Å². The van der Waals surface area contributed by atoms with Crippen molar-refractivity contribution in [3.8, 4) is 16.8 Å². The Morgan fingerprint density at radius 3 is 2.65 bits per heavy atom. The van der Waals surface area contributed by atoms with E-state index in [2.05, 4.69) is 16.0 Å². The molecule has 2 aromatic rings. The van der Waals surface area contributed by atoms with Crippen LogP contribution in [-0.4, -0.2) is 9.97 Å². The van der Waals surface area contributed by atoms with Gasteiger partial charge in [0.1, 0.15) is 11.8 Å². The van der Waals surface area contributed by atoms with Crippen LogP contribution in [0.4, 0.5) is 0 Å². The molecular weight excluding hydrogens is 230 g/mol. The van der Waals surface area contributed by atoms with Crippen LogP contribution in [0.5, 0.6) is 0 Å². The lowest BCUT2D eigenvalue weighted by Gasteiger charge is -2.07. The van der Waals surface area contributed by atoms with E-state index in [1.807, 2.05) is 32.2 Å². The number of rotatable bonds is 2. The van der Waals surface area contributed by atoms with E-state index in [-0.39, 0.29) is 0 Å². The third-order valence-corrected chi connectivity index (χ3v) is 3.75. The van der Waals surface area contributed by atoms with Gasteiger partial charge in [0.25, 0.3) is 0 Å². The van der Waals surface area contributed by atoms with Crippen molar-refractivity contribution in [3.05, 3.63) is 34.0 Å². The maximum atomic E-state index is 9.13. The summed E-state index contributed by atoms with van der Waals surface area (Å²) in [7, 11) is 0. The molecule has 0 saturated carbocycles. The van der Waals surface area contributed by atoms with Gasteiger partial charge in [-0.1, -0.05) is 6.92 Å². The van der Waals surface area contributed by atoms with Gasteiger partial charge in [-0.3, -0.25) is 0 Å². The van der Waals surface area contributed by atoms with Gasteiger partial charge in [-0.2, -0.15) is 5.26 Å². The molecule has 2 heterocycles. The molecular formula is C13H13N3S. The summed E-state index contributed by atoms with van der Waals surface area (Å²) in [5.41, 5.74) is 3.51. The lowest BCUT2D eigenvalue weighted by atomic mass is 10.1. The Balaban J connectivity index is 2.63. The van der Waals surface area contributed by atoms with Crippen molar-refractivity contribution in [3.63, 3.8) is 0 Å². The van der Waals surface area contributed by atoms with Gasteiger partial charge in [-0.05, 0) is 37.3 Å². The predicted molar refractivity (Wildman–Crippen MR) is 68.9 cm³/mol. The molecule has 17 heavy (non-hydrogen) atoms. The first-order valence-corrected chi connectivity index (χ1v) is 6.37. The average Bonchev–Trinajstić information content (AvgIpc) is 2.74. The summed E-state index contributed by atoms with van der Waals surface area (Å²) >= 11 is 1.61. The van der Waals surface area contributed by atoms with Crippen LogP contribution in [0.3, 0.4) is 0 Å². The average molecular weight is 243 g/mol. The first kappa shape index (κ1) is 11.7. The normalized spacial score (nSPS) is 10.2. The van der Waals surface area contributed by atoms with E-state index >= 15 is 0 Å². The summed E-state index contributed by atoms with van der Waals surface area (Å²) in [6.07, 6.45) is 0.790. The SMILES string of the molecule is CCc1c(C)nc(-c2sccc2C)nc1C#N. The second kappa shape index (κ2) is 4.64. The number of nitrogens with zero attached hydrogens (tertiary/aromatic N) is 3. The number of hydrogen-bond donors (Lipinski definition) is 0. The number of nitriles is 1. The lowest BCUT2D eigenvalue weighted by molar-refractivity contribution is 0.986. The number of hydrogen-bond acceptors (Lipinski definition) is 4. The monoisotopic (exact) mass is 243 g/mol. The van der Waals surface area contributed by atoms with Crippen molar-refractivity contribution in [2.24, 2.45) is 0 Å². The Kier molecular flexibility index (Phi) is 3.21. The number of thiophene rings is 1. The minimum absolute atomic E-state index is 0.503. The van der Waals surface area contributed by atoms with Gasteiger partial charge in [0.2, 0.25) is 0 Å². The third-order valence-electron chi connectivity index (χ3n) is 2.74. The fourth-order valence-electron chi connectivity index (χ4n) is 1.82. The molecule has 3 nitrogen and oxygen atoms in total. The highest BCUT2D eigenvalue weighted by Gasteiger charge is 2.13. The quantitative estimate of drug-likeness (QED) is 0.813. The molecule has 0 aliphatic rings. The summed E-state index contributed by atoms with van der Waals surface area (Å²) in [5.74, 6) is 0.670.